The third-order valence-corrected chi connectivity index (χ3v) is 3.13. The first-order chi connectivity index (χ1) is 10.1. The Morgan fingerprint density at radius 1 is 1.19 bits per heavy atom. The summed E-state index contributed by atoms with van der Waals surface area (Å²) in [6.07, 6.45) is 1.94. The molecule has 0 atom stereocenters. The predicted molar refractivity (Wildman–Crippen MR) is 83.7 cm³/mol. The number of hydrogen-bond donors (Lipinski definition) is 1. The Bertz CT molecular complexity index is 561. The lowest BCUT2D eigenvalue weighted by Crippen LogP contribution is -2.19. The maximum absolute atomic E-state index is 5.77. The minimum Gasteiger partial charge on any atom is -0.417 e. The number of para-hydroxylation sites is 1. The Labute approximate surface area is 126 Å². The minimum absolute atomic E-state index is 0.296. The molecule has 0 saturated carbocycles. The van der Waals surface area contributed by atoms with Crippen LogP contribution in [0.15, 0.2) is 34.9 Å². The van der Waals surface area contributed by atoms with Crippen molar-refractivity contribution in [3.63, 3.8) is 0 Å². The van der Waals surface area contributed by atoms with E-state index in [1.165, 1.54) is 0 Å². The standard InChI is InChI=1S/C17H24N2O2/c1-12(2)9-18-10-14-11-20-17(19-14)21-16-8-6-5-7-15(16)13(3)4/h5-8,11-13,18H,9-10H2,1-4H3. The Morgan fingerprint density at radius 2 is 1.95 bits per heavy atom. The summed E-state index contributed by atoms with van der Waals surface area (Å²) in [6.45, 7) is 10.3. The molecule has 114 valence electrons. The van der Waals surface area contributed by atoms with Crippen LogP contribution >= 0.6 is 0 Å². The molecule has 0 amide bonds. The Hall–Kier alpha value is -1.81. The first-order valence-electron chi connectivity index (χ1n) is 7.48. The van der Waals surface area contributed by atoms with Gasteiger partial charge in [-0.2, -0.15) is 4.98 Å². The molecular formula is C17H24N2O2. The summed E-state index contributed by atoms with van der Waals surface area (Å²) in [7, 11) is 0. The average molecular weight is 288 g/mol. The summed E-state index contributed by atoms with van der Waals surface area (Å²) in [5, 5.41) is 3.33. The van der Waals surface area contributed by atoms with Crippen LogP contribution in [0.4, 0.5) is 0 Å². The van der Waals surface area contributed by atoms with Gasteiger partial charge in [0.2, 0.25) is 0 Å². The summed E-state index contributed by atoms with van der Waals surface area (Å²) >= 11 is 0. The number of benzene rings is 1. The van der Waals surface area contributed by atoms with E-state index in [2.05, 4.69) is 44.1 Å². The van der Waals surface area contributed by atoms with Gasteiger partial charge in [-0.1, -0.05) is 45.9 Å². The summed E-state index contributed by atoms with van der Waals surface area (Å²) in [5.41, 5.74) is 2.00. The van der Waals surface area contributed by atoms with Crippen molar-refractivity contribution in [2.45, 2.75) is 40.2 Å². The zero-order valence-electron chi connectivity index (χ0n) is 13.2. The van der Waals surface area contributed by atoms with Gasteiger partial charge in [0.05, 0.1) is 5.69 Å². The number of nitrogens with one attached hydrogen (secondary N) is 1. The molecule has 2 rings (SSSR count). The molecule has 1 heterocycles. The molecule has 1 aromatic heterocycles. The third kappa shape index (κ3) is 4.60. The van der Waals surface area contributed by atoms with Crippen LogP contribution in [0.25, 0.3) is 0 Å². The van der Waals surface area contributed by atoms with E-state index in [0.717, 1.165) is 23.6 Å². The topological polar surface area (TPSA) is 47.3 Å². The summed E-state index contributed by atoms with van der Waals surface area (Å²) in [4.78, 5) is 4.35. The molecule has 4 nitrogen and oxygen atoms in total. The van der Waals surface area contributed by atoms with Gasteiger partial charge in [0, 0.05) is 6.54 Å². The monoisotopic (exact) mass is 288 g/mol. The molecule has 0 aliphatic rings. The van der Waals surface area contributed by atoms with Crippen molar-refractivity contribution in [3.05, 3.63) is 41.8 Å². The van der Waals surface area contributed by atoms with Gasteiger partial charge in [0.25, 0.3) is 0 Å². The zero-order valence-corrected chi connectivity index (χ0v) is 13.2. The molecule has 0 saturated heterocycles. The Balaban J connectivity index is 1.99. The molecular weight excluding hydrogens is 264 g/mol. The second kappa shape index (κ2) is 7.27. The van der Waals surface area contributed by atoms with Crippen LogP contribution in [0.5, 0.6) is 11.8 Å². The van der Waals surface area contributed by atoms with Gasteiger partial charge >= 0.3 is 6.08 Å². The van der Waals surface area contributed by atoms with E-state index in [0.29, 0.717) is 24.5 Å². The lowest BCUT2D eigenvalue weighted by molar-refractivity contribution is 0.327. The lowest BCUT2D eigenvalue weighted by Gasteiger charge is -2.10. The number of aromatic nitrogens is 1. The highest BCUT2D eigenvalue weighted by molar-refractivity contribution is 5.36. The molecule has 4 heteroatoms. The van der Waals surface area contributed by atoms with Crippen LogP contribution in [-0.4, -0.2) is 11.5 Å². The fourth-order valence-electron chi connectivity index (χ4n) is 2.05. The van der Waals surface area contributed by atoms with Crippen LogP contribution < -0.4 is 10.1 Å². The minimum atomic E-state index is 0.296. The molecule has 1 aromatic carbocycles. The number of oxazole rings is 1. The van der Waals surface area contributed by atoms with Crippen LogP contribution in [0.3, 0.4) is 0 Å². The summed E-state index contributed by atoms with van der Waals surface area (Å²) in [6, 6.07) is 7.97. The fourth-order valence-corrected chi connectivity index (χ4v) is 2.05. The molecule has 0 bridgehead atoms. The SMILES string of the molecule is CC(C)CNCc1coc(Oc2ccccc2C(C)C)n1. The van der Waals surface area contributed by atoms with Crippen LogP contribution in [-0.2, 0) is 6.54 Å². The van der Waals surface area contributed by atoms with E-state index in [4.69, 9.17) is 9.15 Å². The molecule has 0 fully saturated rings. The van der Waals surface area contributed by atoms with E-state index in [1.807, 2.05) is 18.2 Å². The van der Waals surface area contributed by atoms with E-state index >= 15 is 0 Å². The zero-order chi connectivity index (χ0) is 15.2. The Kier molecular flexibility index (Phi) is 5.39. The quantitative estimate of drug-likeness (QED) is 0.823. The van der Waals surface area contributed by atoms with Gasteiger partial charge in [-0.05, 0) is 30.0 Å². The van der Waals surface area contributed by atoms with Crippen molar-refractivity contribution < 1.29 is 9.15 Å². The van der Waals surface area contributed by atoms with Gasteiger partial charge in [0.15, 0.2) is 0 Å². The maximum atomic E-state index is 5.77. The van der Waals surface area contributed by atoms with Crippen molar-refractivity contribution in [3.8, 4) is 11.8 Å². The van der Waals surface area contributed by atoms with Crippen LogP contribution in [0, 0.1) is 5.92 Å². The van der Waals surface area contributed by atoms with Crippen LogP contribution in [0.2, 0.25) is 0 Å². The van der Waals surface area contributed by atoms with Crippen molar-refractivity contribution >= 4 is 0 Å². The molecule has 1 N–H and O–H groups in total. The largest absolute Gasteiger partial charge is 0.417 e. The van der Waals surface area contributed by atoms with Gasteiger partial charge in [-0.15, -0.1) is 0 Å². The molecule has 0 radical (unpaired) electrons. The lowest BCUT2D eigenvalue weighted by atomic mass is 10.0. The second-order valence-corrected chi connectivity index (χ2v) is 5.92. The molecule has 2 aromatic rings. The second-order valence-electron chi connectivity index (χ2n) is 5.92. The first-order valence-corrected chi connectivity index (χ1v) is 7.48. The normalized spacial score (nSPS) is 11.3. The summed E-state index contributed by atoms with van der Waals surface area (Å²) in [5.74, 6) is 1.81. The smallest absolute Gasteiger partial charge is 0.399 e. The third-order valence-electron chi connectivity index (χ3n) is 3.13. The van der Waals surface area contributed by atoms with Crippen molar-refractivity contribution in [2.24, 2.45) is 5.92 Å². The predicted octanol–water partition coefficient (Wildman–Crippen LogP) is 4.34. The highest BCUT2D eigenvalue weighted by Crippen LogP contribution is 2.29. The molecule has 21 heavy (non-hydrogen) atoms. The number of ether oxygens (including phenoxy) is 1. The fraction of sp³-hybridized carbons (Fsp3) is 0.471. The number of nitrogens with zero attached hydrogens (tertiary/aromatic N) is 1. The van der Waals surface area contributed by atoms with Gasteiger partial charge < -0.3 is 14.5 Å². The first kappa shape index (κ1) is 15.6. The summed E-state index contributed by atoms with van der Waals surface area (Å²) < 4.78 is 11.2. The molecule has 0 aliphatic heterocycles. The number of rotatable bonds is 7. The van der Waals surface area contributed by atoms with E-state index < -0.39 is 0 Å². The molecule has 0 spiro atoms. The molecule has 0 unspecified atom stereocenters. The maximum Gasteiger partial charge on any atom is 0.399 e. The van der Waals surface area contributed by atoms with Crippen molar-refractivity contribution in [1.82, 2.24) is 10.3 Å². The van der Waals surface area contributed by atoms with E-state index in [9.17, 15) is 0 Å². The Morgan fingerprint density at radius 3 is 2.67 bits per heavy atom. The average Bonchev–Trinajstić information content (AvgIpc) is 2.86. The highest BCUT2D eigenvalue weighted by atomic mass is 16.6. The van der Waals surface area contributed by atoms with Gasteiger partial charge in [-0.3, -0.25) is 0 Å². The van der Waals surface area contributed by atoms with Crippen LogP contribution in [0.1, 0.15) is 44.9 Å². The number of hydrogen-bond acceptors (Lipinski definition) is 4. The van der Waals surface area contributed by atoms with Gasteiger partial charge in [-0.25, -0.2) is 0 Å². The van der Waals surface area contributed by atoms with Crippen molar-refractivity contribution in [1.29, 1.82) is 0 Å². The highest BCUT2D eigenvalue weighted by Gasteiger charge is 2.11. The van der Waals surface area contributed by atoms with E-state index in [-0.39, 0.29) is 0 Å². The van der Waals surface area contributed by atoms with Crippen molar-refractivity contribution in [2.75, 3.05) is 6.54 Å². The van der Waals surface area contributed by atoms with E-state index in [1.54, 1.807) is 6.26 Å². The van der Waals surface area contributed by atoms with Gasteiger partial charge in [0.1, 0.15) is 12.0 Å². The molecule has 0 aliphatic carbocycles.